The fraction of sp³-hybridized carbons (Fsp3) is 0.250. The van der Waals surface area contributed by atoms with Crippen molar-refractivity contribution in [1.82, 2.24) is 0 Å². The number of rotatable bonds is 3. The van der Waals surface area contributed by atoms with Crippen molar-refractivity contribution in [2.24, 2.45) is 22.3 Å². The molecule has 0 bridgehead atoms. The predicted molar refractivity (Wildman–Crippen MR) is 55.4 cm³/mol. The minimum absolute atomic E-state index is 0.210. The highest BCUT2D eigenvalue weighted by Crippen LogP contribution is 2.20. The van der Waals surface area contributed by atoms with E-state index in [1.807, 2.05) is 0 Å². The van der Waals surface area contributed by atoms with Gasteiger partial charge in [0.1, 0.15) is 5.79 Å². The van der Waals surface area contributed by atoms with Gasteiger partial charge >= 0.3 is 0 Å². The maximum atomic E-state index is 8.96. The molecule has 0 fully saturated rings. The third-order valence-corrected chi connectivity index (χ3v) is 1.82. The molecular weight excluding hydrogens is 196 g/mol. The SMILES string of the molecule is [N-]=[N+]=Nc1cc(CO)cc(C(N)(N)N)c1. The Balaban J connectivity index is 3.29. The second kappa shape index (κ2) is 4.26. The van der Waals surface area contributed by atoms with Gasteiger partial charge in [-0.15, -0.1) is 0 Å². The maximum Gasteiger partial charge on any atom is 0.142 e. The monoisotopic (exact) mass is 208 g/mol. The number of azide groups is 1. The van der Waals surface area contributed by atoms with E-state index in [2.05, 4.69) is 10.0 Å². The second-order valence-electron chi connectivity index (χ2n) is 3.17. The van der Waals surface area contributed by atoms with Crippen molar-refractivity contribution in [3.63, 3.8) is 0 Å². The lowest BCUT2D eigenvalue weighted by atomic mass is 10.1. The summed E-state index contributed by atoms with van der Waals surface area (Å²) in [6.07, 6.45) is 0. The Kier molecular flexibility index (Phi) is 3.25. The Bertz CT molecular complexity index is 404. The van der Waals surface area contributed by atoms with E-state index >= 15 is 0 Å². The van der Waals surface area contributed by atoms with Crippen LogP contribution in [0.15, 0.2) is 23.3 Å². The molecule has 0 aromatic heterocycles. The fourth-order valence-corrected chi connectivity index (χ4v) is 1.12. The molecule has 1 aromatic rings. The van der Waals surface area contributed by atoms with E-state index in [1.54, 1.807) is 6.07 Å². The molecule has 0 radical (unpaired) electrons. The molecule has 1 aromatic carbocycles. The van der Waals surface area contributed by atoms with Crippen LogP contribution in [0, 0.1) is 0 Å². The highest BCUT2D eigenvalue weighted by molar-refractivity contribution is 5.45. The van der Waals surface area contributed by atoms with Crippen molar-refractivity contribution < 1.29 is 5.11 Å². The number of nitrogens with zero attached hydrogens (tertiary/aromatic N) is 3. The minimum atomic E-state index is -1.52. The standard InChI is InChI=1S/C8H12N6O/c9-8(10,11)6-1-5(4-15)2-7(3-6)13-14-12/h1-3,15H,4,9-11H2. The van der Waals surface area contributed by atoms with Crippen LogP contribution < -0.4 is 17.2 Å². The maximum absolute atomic E-state index is 8.96. The van der Waals surface area contributed by atoms with Gasteiger partial charge in [-0.05, 0) is 29.3 Å². The molecule has 0 spiro atoms. The number of aliphatic hydroxyl groups is 1. The van der Waals surface area contributed by atoms with Crippen molar-refractivity contribution in [2.75, 3.05) is 0 Å². The average molecular weight is 208 g/mol. The van der Waals surface area contributed by atoms with E-state index in [1.165, 1.54) is 12.1 Å². The summed E-state index contributed by atoms with van der Waals surface area (Å²) >= 11 is 0. The van der Waals surface area contributed by atoms with E-state index in [-0.39, 0.29) is 6.61 Å². The number of aliphatic hydroxyl groups excluding tert-OH is 1. The van der Waals surface area contributed by atoms with Crippen LogP contribution in [0.4, 0.5) is 5.69 Å². The van der Waals surface area contributed by atoms with Crippen LogP contribution in [0.2, 0.25) is 0 Å². The van der Waals surface area contributed by atoms with Gasteiger partial charge in [-0.3, -0.25) is 17.2 Å². The summed E-state index contributed by atoms with van der Waals surface area (Å²) in [5, 5.41) is 12.4. The summed E-state index contributed by atoms with van der Waals surface area (Å²) in [5.74, 6) is -1.52. The first kappa shape index (κ1) is 11.4. The Hall–Kier alpha value is -1.63. The summed E-state index contributed by atoms with van der Waals surface area (Å²) in [6.45, 7) is -0.210. The summed E-state index contributed by atoms with van der Waals surface area (Å²) in [5.41, 5.74) is 26.0. The molecule has 0 atom stereocenters. The Labute approximate surface area is 86.1 Å². The largest absolute Gasteiger partial charge is 0.392 e. The van der Waals surface area contributed by atoms with Gasteiger partial charge in [0.15, 0.2) is 0 Å². The van der Waals surface area contributed by atoms with E-state index in [0.29, 0.717) is 16.8 Å². The van der Waals surface area contributed by atoms with E-state index in [4.69, 9.17) is 27.8 Å². The van der Waals surface area contributed by atoms with E-state index < -0.39 is 5.79 Å². The van der Waals surface area contributed by atoms with Gasteiger partial charge in [0.2, 0.25) is 0 Å². The first-order valence-corrected chi connectivity index (χ1v) is 4.14. The van der Waals surface area contributed by atoms with Gasteiger partial charge in [-0.2, -0.15) is 0 Å². The quantitative estimate of drug-likeness (QED) is 0.241. The Morgan fingerprint density at radius 3 is 2.47 bits per heavy atom. The molecule has 0 unspecified atom stereocenters. The molecule has 7 N–H and O–H groups in total. The van der Waals surface area contributed by atoms with Crippen molar-refractivity contribution in [1.29, 1.82) is 0 Å². The zero-order valence-electron chi connectivity index (χ0n) is 7.96. The van der Waals surface area contributed by atoms with Gasteiger partial charge in [0, 0.05) is 16.2 Å². The number of hydrogen-bond acceptors (Lipinski definition) is 5. The zero-order valence-corrected chi connectivity index (χ0v) is 7.96. The first-order chi connectivity index (χ1) is 6.97. The summed E-state index contributed by atoms with van der Waals surface area (Å²) < 4.78 is 0. The lowest BCUT2D eigenvalue weighted by Gasteiger charge is -2.20. The van der Waals surface area contributed by atoms with Gasteiger partial charge < -0.3 is 5.11 Å². The molecule has 0 aliphatic carbocycles. The summed E-state index contributed by atoms with van der Waals surface area (Å²) in [4.78, 5) is 2.63. The zero-order chi connectivity index (χ0) is 11.5. The van der Waals surface area contributed by atoms with Crippen molar-refractivity contribution in [3.05, 3.63) is 39.8 Å². The number of benzene rings is 1. The van der Waals surface area contributed by atoms with Crippen molar-refractivity contribution >= 4 is 5.69 Å². The topological polar surface area (TPSA) is 147 Å². The average Bonchev–Trinajstić information content (AvgIpc) is 2.16. The molecule has 7 heteroatoms. The molecule has 0 amide bonds. The highest BCUT2D eigenvalue weighted by atomic mass is 16.3. The van der Waals surface area contributed by atoms with Gasteiger partial charge in [-0.25, -0.2) is 0 Å². The first-order valence-electron chi connectivity index (χ1n) is 4.14. The second-order valence-corrected chi connectivity index (χ2v) is 3.17. The molecule has 0 heterocycles. The third kappa shape index (κ3) is 2.91. The smallest absolute Gasteiger partial charge is 0.142 e. The number of nitrogens with two attached hydrogens (primary N) is 3. The van der Waals surface area contributed by atoms with Crippen molar-refractivity contribution in [3.8, 4) is 0 Å². The highest BCUT2D eigenvalue weighted by Gasteiger charge is 2.16. The lowest BCUT2D eigenvalue weighted by molar-refractivity contribution is 0.281. The molecular formula is C8H12N6O. The third-order valence-electron chi connectivity index (χ3n) is 1.82. The Morgan fingerprint density at radius 2 is 2.00 bits per heavy atom. The number of hydrogen-bond donors (Lipinski definition) is 4. The summed E-state index contributed by atoms with van der Waals surface area (Å²) in [7, 11) is 0. The molecule has 0 saturated heterocycles. The van der Waals surface area contributed by atoms with Crippen LogP contribution in [0.3, 0.4) is 0 Å². The molecule has 80 valence electrons. The predicted octanol–water partition coefficient (Wildman–Crippen LogP) is 0.107. The van der Waals surface area contributed by atoms with Gasteiger partial charge in [-0.1, -0.05) is 5.11 Å². The van der Waals surface area contributed by atoms with Gasteiger partial charge in [0.05, 0.1) is 6.61 Å². The van der Waals surface area contributed by atoms with Crippen molar-refractivity contribution in [2.45, 2.75) is 12.4 Å². The van der Waals surface area contributed by atoms with Crippen LogP contribution in [0.5, 0.6) is 0 Å². The van der Waals surface area contributed by atoms with Crippen LogP contribution >= 0.6 is 0 Å². The van der Waals surface area contributed by atoms with Crippen LogP contribution in [0.1, 0.15) is 11.1 Å². The van der Waals surface area contributed by atoms with E-state index in [0.717, 1.165) is 0 Å². The fourth-order valence-electron chi connectivity index (χ4n) is 1.12. The van der Waals surface area contributed by atoms with Crippen LogP contribution in [0.25, 0.3) is 10.4 Å². The molecule has 7 nitrogen and oxygen atoms in total. The molecule has 15 heavy (non-hydrogen) atoms. The van der Waals surface area contributed by atoms with Crippen LogP contribution in [-0.4, -0.2) is 5.11 Å². The lowest BCUT2D eigenvalue weighted by Crippen LogP contribution is -2.54. The molecule has 0 aliphatic rings. The normalized spacial score (nSPS) is 10.9. The van der Waals surface area contributed by atoms with Gasteiger partial charge in [0.25, 0.3) is 0 Å². The van der Waals surface area contributed by atoms with Crippen LogP contribution in [-0.2, 0) is 12.4 Å². The summed E-state index contributed by atoms with van der Waals surface area (Å²) in [6, 6.07) is 4.55. The molecule has 1 rings (SSSR count). The molecule has 0 aliphatic heterocycles. The molecule has 0 saturated carbocycles. The van der Waals surface area contributed by atoms with E-state index in [9.17, 15) is 0 Å². The minimum Gasteiger partial charge on any atom is -0.392 e. The Morgan fingerprint density at radius 1 is 1.33 bits per heavy atom.